The number of amides is 1. The molecule has 0 spiro atoms. The number of carbonyl (C=O) groups excluding carboxylic acids is 1. The van der Waals surface area contributed by atoms with E-state index in [0.717, 1.165) is 25.9 Å². The third-order valence-corrected chi connectivity index (χ3v) is 4.01. The third kappa shape index (κ3) is 3.47. The summed E-state index contributed by atoms with van der Waals surface area (Å²) in [6, 6.07) is 3.19. The van der Waals surface area contributed by atoms with E-state index < -0.39 is 5.97 Å². The molecule has 102 valence electrons. The van der Waals surface area contributed by atoms with E-state index in [4.69, 9.17) is 5.11 Å². The molecule has 2 heterocycles. The molecule has 0 unspecified atom stereocenters. The molecule has 5 nitrogen and oxygen atoms in total. The van der Waals surface area contributed by atoms with Gasteiger partial charge in [0, 0.05) is 13.1 Å². The van der Waals surface area contributed by atoms with Crippen molar-refractivity contribution >= 4 is 23.6 Å². The summed E-state index contributed by atoms with van der Waals surface area (Å²) in [5, 5.41) is 9.60. The fourth-order valence-electron chi connectivity index (χ4n) is 2.04. The number of hydrogen-bond acceptors (Lipinski definition) is 4. The molecule has 19 heavy (non-hydrogen) atoms. The maximum absolute atomic E-state index is 11.9. The average molecular weight is 280 g/mol. The third-order valence-electron chi connectivity index (χ3n) is 3.09. The van der Waals surface area contributed by atoms with Crippen molar-refractivity contribution in [2.24, 2.45) is 0 Å². The number of carboxylic acid groups (broad SMARTS) is 1. The summed E-state index contributed by atoms with van der Waals surface area (Å²) in [5.41, 5.74) is 0.682. The Morgan fingerprint density at radius 3 is 2.63 bits per heavy atom. The van der Waals surface area contributed by atoms with E-state index in [-0.39, 0.29) is 11.5 Å². The average Bonchev–Trinajstić information content (AvgIpc) is 2.89. The molecule has 1 aromatic rings. The van der Waals surface area contributed by atoms with Crippen LogP contribution in [0.1, 0.15) is 28.9 Å². The first-order chi connectivity index (χ1) is 9.08. The Morgan fingerprint density at radius 2 is 2.05 bits per heavy atom. The lowest BCUT2D eigenvalue weighted by atomic mass is 10.2. The fourth-order valence-corrected chi connectivity index (χ4v) is 2.86. The van der Waals surface area contributed by atoms with E-state index in [0.29, 0.717) is 16.5 Å². The number of aromatic nitrogens is 1. The van der Waals surface area contributed by atoms with Gasteiger partial charge in [-0.25, -0.2) is 9.78 Å². The highest BCUT2D eigenvalue weighted by molar-refractivity contribution is 7.99. The minimum atomic E-state index is -0.977. The van der Waals surface area contributed by atoms with Crippen LogP contribution in [0.5, 0.6) is 0 Å². The molecule has 6 heteroatoms. The highest BCUT2D eigenvalue weighted by Gasteiger charge is 2.18. The number of aryl methyl sites for hydroxylation is 1. The molecular weight excluding hydrogens is 264 g/mol. The summed E-state index contributed by atoms with van der Waals surface area (Å²) in [4.78, 5) is 28.8. The van der Waals surface area contributed by atoms with Gasteiger partial charge in [-0.2, -0.15) is 0 Å². The van der Waals surface area contributed by atoms with Crippen LogP contribution in [-0.4, -0.2) is 45.7 Å². The summed E-state index contributed by atoms with van der Waals surface area (Å²) in [7, 11) is 0. The van der Waals surface area contributed by atoms with Gasteiger partial charge < -0.3 is 10.0 Å². The number of likely N-dealkylation sites (tertiary alicyclic amines) is 1. The van der Waals surface area contributed by atoms with Gasteiger partial charge in [0.15, 0.2) is 0 Å². The number of thioether (sulfide) groups is 1. The van der Waals surface area contributed by atoms with Gasteiger partial charge >= 0.3 is 5.97 Å². The van der Waals surface area contributed by atoms with Crippen LogP contribution in [0, 0.1) is 6.92 Å². The molecule has 1 aromatic heterocycles. The van der Waals surface area contributed by atoms with Crippen molar-refractivity contribution in [1.29, 1.82) is 0 Å². The first-order valence-electron chi connectivity index (χ1n) is 6.19. The zero-order valence-electron chi connectivity index (χ0n) is 10.8. The van der Waals surface area contributed by atoms with Crippen LogP contribution in [-0.2, 0) is 4.79 Å². The summed E-state index contributed by atoms with van der Waals surface area (Å²) in [5.74, 6) is -0.488. The standard InChI is InChI=1S/C13H16N2O3S/c1-9-10(13(17)18)4-5-11(14-9)19-8-12(16)15-6-2-3-7-15/h4-5H,2-3,6-8H2,1H3,(H,17,18). The highest BCUT2D eigenvalue weighted by Crippen LogP contribution is 2.19. The Kier molecular flexibility index (Phi) is 4.42. The Morgan fingerprint density at radius 1 is 1.37 bits per heavy atom. The van der Waals surface area contributed by atoms with E-state index >= 15 is 0 Å². The molecule has 2 rings (SSSR count). The molecule has 0 bridgehead atoms. The first kappa shape index (κ1) is 13.9. The fraction of sp³-hybridized carbons (Fsp3) is 0.462. The van der Waals surface area contributed by atoms with Gasteiger partial charge in [0.2, 0.25) is 5.91 Å². The van der Waals surface area contributed by atoms with Crippen molar-refractivity contribution < 1.29 is 14.7 Å². The van der Waals surface area contributed by atoms with E-state index in [1.165, 1.54) is 17.8 Å². The SMILES string of the molecule is Cc1nc(SCC(=O)N2CCCC2)ccc1C(=O)O. The van der Waals surface area contributed by atoms with Gasteiger partial charge in [-0.1, -0.05) is 11.8 Å². The number of aromatic carboxylic acids is 1. The van der Waals surface area contributed by atoms with Gasteiger partial charge in [0.25, 0.3) is 0 Å². The zero-order valence-corrected chi connectivity index (χ0v) is 11.6. The molecule has 0 aliphatic carbocycles. The number of nitrogens with zero attached hydrogens (tertiary/aromatic N) is 2. The Bertz CT molecular complexity index is 499. The minimum Gasteiger partial charge on any atom is -0.478 e. The molecule has 0 aromatic carbocycles. The second-order valence-corrected chi connectivity index (χ2v) is 5.46. The Balaban J connectivity index is 1.94. The number of pyridine rings is 1. The van der Waals surface area contributed by atoms with Gasteiger partial charge in [-0.15, -0.1) is 0 Å². The lowest BCUT2D eigenvalue weighted by Crippen LogP contribution is -2.29. The maximum atomic E-state index is 11.9. The lowest BCUT2D eigenvalue weighted by molar-refractivity contribution is -0.127. The van der Waals surface area contributed by atoms with Crippen LogP contribution in [0.4, 0.5) is 0 Å². The molecule has 0 atom stereocenters. The number of rotatable bonds is 4. The molecule has 1 N–H and O–H groups in total. The predicted molar refractivity (Wildman–Crippen MR) is 72.5 cm³/mol. The minimum absolute atomic E-state index is 0.129. The second kappa shape index (κ2) is 6.06. The monoisotopic (exact) mass is 280 g/mol. The number of carboxylic acids is 1. The van der Waals surface area contributed by atoms with Gasteiger partial charge in [0.1, 0.15) is 0 Å². The van der Waals surface area contributed by atoms with Crippen LogP contribution in [0.3, 0.4) is 0 Å². The normalized spacial score (nSPS) is 14.7. The molecule has 1 fully saturated rings. The molecule has 1 aliphatic rings. The van der Waals surface area contributed by atoms with Crippen molar-refractivity contribution in [1.82, 2.24) is 9.88 Å². The van der Waals surface area contributed by atoms with Crippen LogP contribution in [0.25, 0.3) is 0 Å². The van der Waals surface area contributed by atoms with Gasteiger partial charge in [-0.3, -0.25) is 4.79 Å². The van der Waals surface area contributed by atoms with Gasteiger partial charge in [-0.05, 0) is 31.9 Å². The molecular formula is C13H16N2O3S. The van der Waals surface area contributed by atoms with Crippen molar-refractivity contribution in [2.45, 2.75) is 24.8 Å². The van der Waals surface area contributed by atoms with Crippen molar-refractivity contribution in [3.05, 3.63) is 23.4 Å². The van der Waals surface area contributed by atoms with Crippen LogP contribution in [0.15, 0.2) is 17.2 Å². The topological polar surface area (TPSA) is 70.5 Å². The highest BCUT2D eigenvalue weighted by atomic mass is 32.2. The molecule has 1 saturated heterocycles. The number of hydrogen-bond donors (Lipinski definition) is 1. The Hall–Kier alpha value is -1.56. The number of carbonyl (C=O) groups is 2. The zero-order chi connectivity index (χ0) is 13.8. The second-order valence-electron chi connectivity index (χ2n) is 4.46. The summed E-state index contributed by atoms with van der Waals surface area (Å²) < 4.78 is 0. The first-order valence-corrected chi connectivity index (χ1v) is 7.18. The van der Waals surface area contributed by atoms with E-state index in [1.54, 1.807) is 13.0 Å². The summed E-state index contributed by atoms with van der Waals surface area (Å²) >= 11 is 1.35. The summed E-state index contributed by atoms with van der Waals surface area (Å²) in [6.45, 7) is 3.36. The summed E-state index contributed by atoms with van der Waals surface area (Å²) in [6.07, 6.45) is 2.17. The van der Waals surface area contributed by atoms with Crippen LogP contribution < -0.4 is 0 Å². The molecule has 1 aliphatic heterocycles. The van der Waals surface area contributed by atoms with Crippen molar-refractivity contribution in [2.75, 3.05) is 18.8 Å². The van der Waals surface area contributed by atoms with E-state index in [9.17, 15) is 9.59 Å². The lowest BCUT2D eigenvalue weighted by Gasteiger charge is -2.14. The quantitative estimate of drug-likeness (QED) is 0.852. The molecule has 0 saturated carbocycles. The maximum Gasteiger partial charge on any atom is 0.337 e. The van der Waals surface area contributed by atoms with Gasteiger partial charge in [0.05, 0.1) is 22.0 Å². The van der Waals surface area contributed by atoms with Crippen molar-refractivity contribution in [3.63, 3.8) is 0 Å². The van der Waals surface area contributed by atoms with E-state index in [2.05, 4.69) is 4.98 Å². The molecule has 0 radical (unpaired) electrons. The van der Waals surface area contributed by atoms with E-state index in [1.807, 2.05) is 4.90 Å². The van der Waals surface area contributed by atoms with Crippen LogP contribution >= 0.6 is 11.8 Å². The van der Waals surface area contributed by atoms with Crippen molar-refractivity contribution in [3.8, 4) is 0 Å². The smallest absolute Gasteiger partial charge is 0.337 e. The van der Waals surface area contributed by atoms with Crippen LogP contribution in [0.2, 0.25) is 0 Å². The largest absolute Gasteiger partial charge is 0.478 e. The predicted octanol–water partition coefficient (Wildman–Crippen LogP) is 1.80. The molecule has 1 amide bonds. The Labute approximate surface area is 116 Å².